The van der Waals surface area contributed by atoms with Gasteiger partial charge in [0.05, 0.1) is 17.8 Å². The SMILES string of the molecule is Cc1c(-n2nccn2)sc2c1c(=O)n(C1CCN(C)C1=O)c(=O)n2CCc1cc(F)ccc1OCc1ccccc1. The average molecular weight is 575 g/mol. The minimum atomic E-state index is -0.889. The number of ether oxygens (including phenoxy) is 1. The summed E-state index contributed by atoms with van der Waals surface area (Å²) in [6.45, 7) is 2.66. The summed E-state index contributed by atoms with van der Waals surface area (Å²) in [5, 5.41) is 9.35. The third-order valence-electron chi connectivity index (χ3n) is 7.39. The molecular weight excluding hydrogens is 547 g/mol. The summed E-state index contributed by atoms with van der Waals surface area (Å²) >= 11 is 1.23. The van der Waals surface area contributed by atoms with Crippen LogP contribution in [-0.4, -0.2) is 48.5 Å². The molecule has 0 aliphatic carbocycles. The summed E-state index contributed by atoms with van der Waals surface area (Å²) in [6, 6.07) is 13.1. The Morgan fingerprint density at radius 2 is 1.83 bits per heavy atom. The number of rotatable bonds is 8. The molecule has 41 heavy (non-hydrogen) atoms. The van der Waals surface area contributed by atoms with Crippen LogP contribution in [0.3, 0.4) is 0 Å². The molecule has 1 fully saturated rings. The van der Waals surface area contributed by atoms with Crippen LogP contribution in [0, 0.1) is 12.7 Å². The summed E-state index contributed by atoms with van der Waals surface area (Å²) in [4.78, 5) is 44.1. The Balaban J connectivity index is 1.43. The smallest absolute Gasteiger partial charge is 0.332 e. The molecule has 210 valence electrons. The Hall–Kier alpha value is -4.58. The lowest BCUT2D eigenvalue weighted by Gasteiger charge is -2.17. The van der Waals surface area contributed by atoms with E-state index < -0.39 is 23.1 Å². The molecule has 0 radical (unpaired) electrons. The fourth-order valence-electron chi connectivity index (χ4n) is 5.23. The highest BCUT2D eigenvalue weighted by Gasteiger charge is 2.34. The van der Waals surface area contributed by atoms with Crippen molar-refractivity contribution in [3.05, 3.63) is 104 Å². The second kappa shape index (κ2) is 10.8. The van der Waals surface area contributed by atoms with Gasteiger partial charge in [-0.3, -0.25) is 14.2 Å². The molecule has 1 aliphatic rings. The van der Waals surface area contributed by atoms with Crippen LogP contribution in [0.4, 0.5) is 4.39 Å². The molecule has 0 saturated carbocycles. The number of hydrogen-bond donors (Lipinski definition) is 0. The Labute approximate surface area is 237 Å². The van der Waals surface area contributed by atoms with Gasteiger partial charge in [0.15, 0.2) is 0 Å². The minimum absolute atomic E-state index is 0.128. The van der Waals surface area contributed by atoms with Gasteiger partial charge in [0.2, 0.25) is 5.91 Å². The van der Waals surface area contributed by atoms with Crippen LogP contribution in [0.5, 0.6) is 5.75 Å². The predicted octanol–water partition coefficient (Wildman–Crippen LogP) is 3.48. The molecule has 2 aromatic carbocycles. The fraction of sp³-hybridized carbons (Fsp3) is 0.276. The van der Waals surface area contributed by atoms with Crippen molar-refractivity contribution in [1.29, 1.82) is 0 Å². The van der Waals surface area contributed by atoms with Gasteiger partial charge in [-0.1, -0.05) is 41.7 Å². The number of carbonyl (C=O) groups is 1. The van der Waals surface area contributed by atoms with Gasteiger partial charge < -0.3 is 9.64 Å². The van der Waals surface area contributed by atoms with E-state index in [-0.39, 0.29) is 18.9 Å². The number of likely N-dealkylation sites (N-methyl/N-ethyl adjacent to an activating group) is 1. The second-order valence-corrected chi connectivity index (χ2v) is 11.0. The molecule has 1 amide bonds. The molecular formula is C29H27FN6O4S. The van der Waals surface area contributed by atoms with Gasteiger partial charge in [0.25, 0.3) is 5.56 Å². The summed E-state index contributed by atoms with van der Waals surface area (Å²) < 4.78 is 23.0. The molecule has 0 N–H and O–H groups in total. The third kappa shape index (κ3) is 4.84. The number of thiophene rings is 1. The molecule has 5 aromatic rings. The minimum Gasteiger partial charge on any atom is -0.489 e. The first-order valence-electron chi connectivity index (χ1n) is 13.2. The van der Waals surface area contributed by atoms with E-state index >= 15 is 0 Å². The topological polar surface area (TPSA) is 104 Å². The van der Waals surface area contributed by atoms with Crippen molar-refractivity contribution in [3.63, 3.8) is 0 Å². The molecule has 1 atom stereocenters. The Kier molecular flexibility index (Phi) is 7.00. The number of benzene rings is 2. The summed E-state index contributed by atoms with van der Waals surface area (Å²) in [5.74, 6) is -0.198. The van der Waals surface area contributed by atoms with Crippen molar-refractivity contribution in [2.45, 2.75) is 39.0 Å². The molecule has 10 nitrogen and oxygen atoms in total. The lowest BCUT2D eigenvalue weighted by atomic mass is 10.1. The quantitative estimate of drug-likeness (QED) is 0.281. The summed E-state index contributed by atoms with van der Waals surface area (Å²) in [7, 11) is 1.66. The van der Waals surface area contributed by atoms with Crippen LogP contribution >= 0.6 is 11.3 Å². The van der Waals surface area contributed by atoms with E-state index in [1.165, 1.54) is 50.1 Å². The predicted molar refractivity (Wildman–Crippen MR) is 152 cm³/mol. The van der Waals surface area contributed by atoms with E-state index in [1.54, 1.807) is 20.0 Å². The Bertz CT molecular complexity index is 1860. The number of hydrogen-bond acceptors (Lipinski definition) is 7. The van der Waals surface area contributed by atoms with Crippen molar-refractivity contribution in [2.75, 3.05) is 13.6 Å². The van der Waals surface area contributed by atoms with E-state index in [0.29, 0.717) is 51.7 Å². The highest BCUT2D eigenvalue weighted by Crippen LogP contribution is 2.32. The zero-order valence-electron chi connectivity index (χ0n) is 22.5. The Morgan fingerprint density at radius 1 is 1.07 bits per heavy atom. The number of aryl methyl sites for hydroxylation is 3. The third-order valence-corrected chi connectivity index (χ3v) is 8.67. The van der Waals surface area contributed by atoms with Gasteiger partial charge in [-0.05, 0) is 49.1 Å². The Morgan fingerprint density at radius 3 is 2.54 bits per heavy atom. The van der Waals surface area contributed by atoms with Gasteiger partial charge in [0.1, 0.15) is 34.0 Å². The van der Waals surface area contributed by atoms with Crippen molar-refractivity contribution in [2.24, 2.45) is 0 Å². The van der Waals surface area contributed by atoms with E-state index in [4.69, 9.17) is 4.74 Å². The maximum Gasteiger partial charge on any atom is 0.332 e. The van der Waals surface area contributed by atoms with Gasteiger partial charge in [-0.2, -0.15) is 10.2 Å². The van der Waals surface area contributed by atoms with Gasteiger partial charge in [-0.15, -0.1) is 4.80 Å². The van der Waals surface area contributed by atoms with Gasteiger partial charge in [0, 0.05) is 25.7 Å². The van der Waals surface area contributed by atoms with Crippen LogP contribution < -0.4 is 16.0 Å². The first-order valence-corrected chi connectivity index (χ1v) is 14.0. The average Bonchev–Trinajstić information content (AvgIpc) is 3.69. The number of carbonyl (C=O) groups excluding carboxylic acids is 1. The molecule has 1 unspecified atom stereocenters. The van der Waals surface area contributed by atoms with Gasteiger partial charge in [-0.25, -0.2) is 13.8 Å². The molecule has 6 rings (SSSR count). The fourth-order valence-corrected chi connectivity index (χ4v) is 6.47. The summed E-state index contributed by atoms with van der Waals surface area (Å²) in [5.41, 5.74) is 1.07. The highest BCUT2D eigenvalue weighted by atomic mass is 32.1. The summed E-state index contributed by atoms with van der Waals surface area (Å²) in [6.07, 6.45) is 3.67. The van der Waals surface area contributed by atoms with Gasteiger partial charge >= 0.3 is 5.69 Å². The largest absolute Gasteiger partial charge is 0.489 e. The van der Waals surface area contributed by atoms with Crippen molar-refractivity contribution in [1.82, 2.24) is 29.0 Å². The first-order chi connectivity index (χ1) is 19.8. The molecule has 1 saturated heterocycles. The number of nitrogens with zero attached hydrogens (tertiary/aromatic N) is 6. The molecule has 12 heteroatoms. The van der Waals surface area contributed by atoms with Crippen molar-refractivity contribution >= 4 is 27.5 Å². The zero-order valence-corrected chi connectivity index (χ0v) is 23.3. The monoisotopic (exact) mass is 574 g/mol. The maximum atomic E-state index is 14.4. The van der Waals surface area contributed by atoms with Crippen molar-refractivity contribution in [3.8, 4) is 10.8 Å². The van der Waals surface area contributed by atoms with E-state index in [2.05, 4.69) is 10.2 Å². The lowest BCUT2D eigenvalue weighted by Crippen LogP contribution is -2.44. The number of aromatic nitrogens is 5. The van der Waals surface area contributed by atoms with E-state index in [9.17, 15) is 18.8 Å². The number of likely N-dealkylation sites (tertiary alicyclic amines) is 1. The number of fused-ring (bicyclic) bond motifs is 1. The molecule has 4 heterocycles. The van der Waals surface area contributed by atoms with Crippen LogP contribution in [0.1, 0.15) is 29.2 Å². The van der Waals surface area contributed by atoms with E-state index in [0.717, 1.165) is 10.1 Å². The normalized spacial score (nSPS) is 15.2. The number of amides is 1. The zero-order chi connectivity index (χ0) is 28.7. The van der Waals surface area contributed by atoms with Crippen molar-refractivity contribution < 1.29 is 13.9 Å². The van der Waals surface area contributed by atoms with Crippen LogP contribution in [0.15, 0.2) is 70.5 Å². The standard InChI is InChI=1S/C29H27FN6O4S/c1-18-24-26(38)35(22-11-14-33(2)25(22)37)29(39)34(28(24)41-27(18)36-31-12-13-32-36)15-10-20-16-21(30)8-9-23(20)40-17-19-6-4-3-5-7-19/h3-9,12-13,16,22H,10-11,14-15,17H2,1-2H3. The van der Waals surface area contributed by atoms with Crippen LogP contribution in [-0.2, 0) is 24.4 Å². The van der Waals surface area contributed by atoms with Crippen LogP contribution in [0.25, 0.3) is 15.2 Å². The first kappa shape index (κ1) is 26.6. The van der Waals surface area contributed by atoms with Crippen LogP contribution in [0.2, 0.25) is 0 Å². The highest BCUT2D eigenvalue weighted by molar-refractivity contribution is 7.21. The van der Waals surface area contributed by atoms with E-state index in [1.807, 2.05) is 30.3 Å². The molecule has 0 bridgehead atoms. The molecule has 1 aliphatic heterocycles. The number of halogens is 1. The maximum absolute atomic E-state index is 14.4. The lowest BCUT2D eigenvalue weighted by molar-refractivity contribution is -0.129. The molecule has 3 aromatic heterocycles. The second-order valence-electron chi connectivity index (χ2n) is 9.98. The molecule has 0 spiro atoms.